The van der Waals surface area contributed by atoms with E-state index >= 15 is 0 Å². The lowest BCUT2D eigenvalue weighted by molar-refractivity contribution is -0.142. The number of hydrogen-bond acceptors (Lipinski definition) is 5. The first kappa shape index (κ1) is 23.2. The average molecular weight is 472 g/mol. The first-order valence-corrected chi connectivity index (χ1v) is 11.9. The van der Waals surface area contributed by atoms with Crippen molar-refractivity contribution >= 4 is 23.8 Å². The van der Waals surface area contributed by atoms with Gasteiger partial charge in [-0.3, -0.25) is 9.78 Å². The number of alkyl halides is 3. The first-order valence-electron chi connectivity index (χ1n) is 10.8. The highest BCUT2D eigenvalue weighted by molar-refractivity contribution is 8.00. The summed E-state index contributed by atoms with van der Waals surface area (Å²) in [7, 11) is 0. The van der Waals surface area contributed by atoms with Crippen LogP contribution in [0.2, 0.25) is 0 Å². The van der Waals surface area contributed by atoms with Crippen LogP contribution < -0.4 is 5.32 Å². The van der Waals surface area contributed by atoms with E-state index in [-0.39, 0.29) is 23.7 Å². The highest BCUT2D eigenvalue weighted by Gasteiger charge is 2.57. The zero-order chi connectivity index (χ0) is 23.3. The van der Waals surface area contributed by atoms with Crippen LogP contribution >= 0.6 is 11.8 Å². The van der Waals surface area contributed by atoms with Gasteiger partial charge in [-0.25, -0.2) is 4.79 Å². The second-order valence-corrected chi connectivity index (χ2v) is 11.2. The lowest BCUT2D eigenvalue weighted by atomic mass is 9.81. The molecule has 1 aliphatic carbocycles. The van der Waals surface area contributed by atoms with Gasteiger partial charge >= 0.3 is 12.3 Å². The minimum Gasteiger partial charge on any atom is -0.444 e. The van der Waals surface area contributed by atoms with Gasteiger partial charge in [0.15, 0.2) is 0 Å². The molecule has 0 spiro atoms. The van der Waals surface area contributed by atoms with E-state index in [1.165, 1.54) is 0 Å². The largest absolute Gasteiger partial charge is 0.444 e. The number of alkyl carbamates (subject to hydrolysis) is 1. The SMILES string of the molecule is CC(C)(C)OC(=O)NC1CC2SCCC2(C(=O)N2CCc3ncc(C(F)(F)F)cc3C2)C1. The van der Waals surface area contributed by atoms with Gasteiger partial charge in [-0.05, 0) is 57.4 Å². The minimum absolute atomic E-state index is 0.0240. The van der Waals surface area contributed by atoms with Crippen molar-refractivity contribution in [3.8, 4) is 0 Å². The topological polar surface area (TPSA) is 71.5 Å². The number of rotatable bonds is 2. The molecule has 0 aromatic carbocycles. The van der Waals surface area contributed by atoms with Gasteiger partial charge in [0.05, 0.1) is 11.0 Å². The molecule has 176 valence electrons. The van der Waals surface area contributed by atoms with E-state index in [1.807, 2.05) is 0 Å². The fourth-order valence-corrected chi connectivity index (χ4v) is 6.77. The van der Waals surface area contributed by atoms with Gasteiger partial charge < -0.3 is 15.0 Å². The van der Waals surface area contributed by atoms with Crippen molar-refractivity contribution in [2.45, 2.75) is 76.1 Å². The summed E-state index contributed by atoms with van der Waals surface area (Å²) >= 11 is 1.74. The molecule has 3 unspecified atom stereocenters. The van der Waals surface area contributed by atoms with Crippen molar-refractivity contribution in [2.24, 2.45) is 5.41 Å². The summed E-state index contributed by atoms with van der Waals surface area (Å²) in [6.45, 7) is 5.96. The van der Waals surface area contributed by atoms with E-state index in [4.69, 9.17) is 4.74 Å². The van der Waals surface area contributed by atoms with Crippen molar-refractivity contribution in [2.75, 3.05) is 12.3 Å². The van der Waals surface area contributed by atoms with Crippen LogP contribution in [0.15, 0.2) is 12.3 Å². The number of ether oxygens (including phenoxy) is 1. The molecule has 1 aromatic rings. The van der Waals surface area contributed by atoms with Crippen LogP contribution in [0.4, 0.5) is 18.0 Å². The molecule has 2 amide bonds. The maximum atomic E-state index is 13.7. The molecule has 32 heavy (non-hydrogen) atoms. The van der Waals surface area contributed by atoms with E-state index in [1.54, 1.807) is 37.4 Å². The van der Waals surface area contributed by atoms with Crippen LogP contribution in [0, 0.1) is 5.41 Å². The number of nitrogens with one attached hydrogen (secondary N) is 1. The van der Waals surface area contributed by atoms with E-state index in [0.717, 1.165) is 18.0 Å². The number of halogens is 3. The highest BCUT2D eigenvalue weighted by atomic mass is 32.2. The molecule has 3 aliphatic rings. The standard InChI is InChI=1S/C22H28F3N3O3S/c1-20(2,3)31-19(30)27-15-9-17-21(10-15,5-7-32-17)18(29)28-6-4-16-13(12-28)8-14(11-26-16)22(23,24)25/h8,11,15,17H,4-7,9-10,12H2,1-3H3,(H,27,30). The second kappa shape index (κ2) is 8.11. The maximum absolute atomic E-state index is 13.7. The Bertz CT molecular complexity index is 918. The molecule has 2 fully saturated rings. The molecule has 10 heteroatoms. The Labute approximate surface area is 189 Å². The predicted molar refractivity (Wildman–Crippen MR) is 114 cm³/mol. The van der Waals surface area contributed by atoms with Gasteiger partial charge in [-0.15, -0.1) is 0 Å². The first-order chi connectivity index (χ1) is 14.9. The van der Waals surface area contributed by atoms with Crippen molar-refractivity contribution in [1.29, 1.82) is 0 Å². The Hall–Kier alpha value is -1.97. The summed E-state index contributed by atoms with van der Waals surface area (Å²) < 4.78 is 44.7. The number of hydrogen-bond donors (Lipinski definition) is 1. The van der Waals surface area contributed by atoms with Crippen molar-refractivity contribution in [3.63, 3.8) is 0 Å². The van der Waals surface area contributed by atoms with Crippen LogP contribution in [-0.4, -0.2) is 51.1 Å². The van der Waals surface area contributed by atoms with Crippen molar-refractivity contribution in [3.05, 3.63) is 29.1 Å². The second-order valence-electron chi connectivity index (χ2n) is 9.85. The zero-order valence-electron chi connectivity index (χ0n) is 18.4. The molecule has 4 rings (SSSR count). The highest BCUT2D eigenvalue weighted by Crippen LogP contribution is 2.54. The van der Waals surface area contributed by atoms with Gasteiger partial charge in [-0.2, -0.15) is 24.9 Å². The molecular formula is C22H28F3N3O3S. The van der Waals surface area contributed by atoms with E-state index in [2.05, 4.69) is 10.3 Å². The van der Waals surface area contributed by atoms with Crippen LogP contribution in [-0.2, 0) is 28.7 Å². The number of carbonyl (C=O) groups excluding carboxylic acids is 2. The summed E-state index contributed by atoms with van der Waals surface area (Å²) in [5, 5.41) is 2.99. The number of aromatic nitrogens is 1. The van der Waals surface area contributed by atoms with Gasteiger partial charge in [0.2, 0.25) is 5.91 Å². The molecule has 1 aromatic heterocycles. The normalized spacial score (nSPS) is 27.6. The van der Waals surface area contributed by atoms with Crippen LogP contribution in [0.5, 0.6) is 0 Å². The summed E-state index contributed by atoms with van der Waals surface area (Å²) in [6, 6.07) is 0.948. The number of fused-ring (bicyclic) bond motifs is 2. The molecule has 0 radical (unpaired) electrons. The Morgan fingerprint density at radius 3 is 2.75 bits per heavy atom. The van der Waals surface area contributed by atoms with Crippen molar-refractivity contribution in [1.82, 2.24) is 15.2 Å². The third-order valence-corrected chi connectivity index (χ3v) is 7.88. The van der Waals surface area contributed by atoms with Gasteiger partial charge in [0.25, 0.3) is 0 Å². The van der Waals surface area contributed by atoms with E-state index in [0.29, 0.717) is 43.5 Å². The summed E-state index contributed by atoms with van der Waals surface area (Å²) in [6.07, 6.45) is -1.75. The third kappa shape index (κ3) is 4.56. The summed E-state index contributed by atoms with van der Waals surface area (Å²) in [4.78, 5) is 31.6. The molecular weight excluding hydrogens is 443 g/mol. The number of carbonyl (C=O) groups is 2. The predicted octanol–water partition coefficient (Wildman–Crippen LogP) is 4.16. The molecule has 6 nitrogen and oxygen atoms in total. The molecule has 3 heterocycles. The monoisotopic (exact) mass is 471 g/mol. The fraction of sp³-hybridized carbons (Fsp3) is 0.682. The lowest BCUT2D eigenvalue weighted by Crippen LogP contribution is -2.48. The lowest BCUT2D eigenvalue weighted by Gasteiger charge is -2.37. The fourth-order valence-electron chi connectivity index (χ4n) is 5.00. The molecule has 0 bridgehead atoms. The third-order valence-electron chi connectivity index (χ3n) is 6.39. The number of amides is 2. The summed E-state index contributed by atoms with van der Waals surface area (Å²) in [5.74, 6) is 0.837. The van der Waals surface area contributed by atoms with Crippen LogP contribution in [0.25, 0.3) is 0 Å². The van der Waals surface area contributed by atoms with Gasteiger partial charge in [-0.1, -0.05) is 0 Å². The van der Waals surface area contributed by atoms with Gasteiger partial charge in [0, 0.05) is 42.7 Å². The smallest absolute Gasteiger partial charge is 0.417 e. The number of thioether (sulfide) groups is 1. The van der Waals surface area contributed by atoms with E-state index in [9.17, 15) is 22.8 Å². The maximum Gasteiger partial charge on any atom is 0.417 e. The Balaban J connectivity index is 1.48. The summed E-state index contributed by atoms with van der Waals surface area (Å²) in [5.41, 5.74) is -0.921. The minimum atomic E-state index is -4.47. The number of pyridine rings is 1. The molecule has 1 saturated carbocycles. The van der Waals surface area contributed by atoms with Gasteiger partial charge in [0.1, 0.15) is 5.60 Å². The zero-order valence-corrected chi connectivity index (χ0v) is 19.2. The molecule has 2 aliphatic heterocycles. The van der Waals surface area contributed by atoms with Crippen molar-refractivity contribution < 1.29 is 27.5 Å². The van der Waals surface area contributed by atoms with Crippen LogP contribution in [0.3, 0.4) is 0 Å². The number of nitrogens with zero attached hydrogens (tertiary/aromatic N) is 2. The Morgan fingerprint density at radius 2 is 2.06 bits per heavy atom. The Kier molecular flexibility index (Phi) is 5.88. The molecule has 1 N–H and O–H groups in total. The van der Waals surface area contributed by atoms with Crippen LogP contribution in [0.1, 0.15) is 56.9 Å². The molecule has 3 atom stereocenters. The Morgan fingerprint density at radius 1 is 1.31 bits per heavy atom. The quantitative estimate of drug-likeness (QED) is 0.701. The molecule has 1 saturated heterocycles. The average Bonchev–Trinajstić information content (AvgIpc) is 3.22. The van der Waals surface area contributed by atoms with E-state index < -0.39 is 28.8 Å².